The number of benzene rings is 2. The predicted molar refractivity (Wildman–Crippen MR) is 116 cm³/mol. The number of carbonyl (C=O) groups excluding carboxylic acids is 2. The summed E-state index contributed by atoms with van der Waals surface area (Å²) < 4.78 is 5.23. The molecule has 0 saturated heterocycles. The van der Waals surface area contributed by atoms with E-state index < -0.39 is 5.97 Å². The second-order valence-electron chi connectivity index (χ2n) is 6.66. The van der Waals surface area contributed by atoms with Crippen molar-refractivity contribution >= 4 is 34.5 Å². The third-order valence-corrected chi connectivity index (χ3v) is 5.63. The van der Waals surface area contributed by atoms with Crippen molar-refractivity contribution in [1.82, 2.24) is 10.3 Å². The fourth-order valence-electron chi connectivity index (χ4n) is 3.09. The van der Waals surface area contributed by atoms with E-state index in [1.165, 1.54) is 4.90 Å². The van der Waals surface area contributed by atoms with Crippen LogP contribution in [0.25, 0.3) is 10.9 Å². The van der Waals surface area contributed by atoms with Crippen molar-refractivity contribution in [3.8, 4) is 0 Å². The molecule has 1 N–H and O–H groups in total. The number of esters is 1. The number of rotatable bonds is 8. The lowest BCUT2D eigenvalue weighted by atomic mass is 10.0. The van der Waals surface area contributed by atoms with Crippen molar-refractivity contribution in [2.75, 3.05) is 18.9 Å². The van der Waals surface area contributed by atoms with E-state index in [9.17, 15) is 9.59 Å². The van der Waals surface area contributed by atoms with Gasteiger partial charge in [-0.15, -0.1) is 11.8 Å². The molecule has 0 saturated carbocycles. The van der Waals surface area contributed by atoms with Crippen LogP contribution in [0.4, 0.5) is 0 Å². The maximum Gasteiger partial charge on any atom is 0.340 e. The highest BCUT2D eigenvalue weighted by Gasteiger charge is 2.18. The molecule has 29 heavy (non-hydrogen) atoms. The molecule has 0 spiro atoms. The highest BCUT2D eigenvalue weighted by atomic mass is 32.2. The van der Waals surface area contributed by atoms with Gasteiger partial charge in [-0.1, -0.05) is 36.4 Å². The maximum atomic E-state index is 12.5. The zero-order valence-corrected chi connectivity index (χ0v) is 17.4. The number of aromatic nitrogens is 1. The number of amides is 1. The van der Waals surface area contributed by atoms with Crippen LogP contribution in [-0.4, -0.2) is 35.8 Å². The third-order valence-electron chi connectivity index (χ3n) is 4.53. The van der Waals surface area contributed by atoms with Gasteiger partial charge in [-0.2, -0.15) is 0 Å². The number of aryl methyl sites for hydroxylation is 2. The Balaban J connectivity index is 1.45. The predicted octanol–water partition coefficient (Wildman–Crippen LogP) is 4.31. The largest absolute Gasteiger partial charge is 0.452 e. The first-order chi connectivity index (χ1) is 14.1. The molecule has 2 aromatic carbocycles. The first kappa shape index (κ1) is 20.9. The number of ether oxygens (including phenoxy) is 1. The van der Waals surface area contributed by atoms with Crippen LogP contribution >= 0.6 is 11.8 Å². The summed E-state index contributed by atoms with van der Waals surface area (Å²) in [5, 5.41) is 3.70. The summed E-state index contributed by atoms with van der Waals surface area (Å²) in [5.74, 6) is 0.0887. The molecule has 0 bridgehead atoms. The van der Waals surface area contributed by atoms with Gasteiger partial charge in [0.1, 0.15) is 0 Å². The third kappa shape index (κ3) is 5.57. The number of fused-ring (bicyclic) bond motifs is 1. The second-order valence-corrected chi connectivity index (χ2v) is 7.82. The lowest BCUT2D eigenvalue weighted by Crippen LogP contribution is -2.30. The van der Waals surface area contributed by atoms with Gasteiger partial charge in [0.15, 0.2) is 6.61 Å². The minimum absolute atomic E-state index is 0.295. The van der Waals surface area contributed by atoms with Gasteiger partial charge in [0.05, 0.1) is 16.8 Å². The number of thioether (sulfide) groups is 1. The Labute approximate surface area is 174 Å². The Morgan fingerprint density at radius 1 is 1.03 bits per heavy atom. The topological polar surface area (TPSA) is 68.3 Å². The average Bonchev–Trinajstić information content (AvgIpc) is 2.73. The van der Waals surface area contributed by atoms with E-state index in [0.717, 1.165) is 28.6 Å². The van der Waals surface area contributed by atoms with E-state index >= 15 is 0 Å². The van der Waals surface area contributed by atoms with E-state index in [4.69, 9.17) is 4.74 Å². The van der Waals surface area contributed by atoms with Gasteiger partial charge in [0.2, 0.25) is 0 Å². The molecule has 0 fully saturated rings. The Bertz CT molecular complexity index is 1010. The fourth-order valence-corrected chi connectivity index (χ4v) is 3.97. The fraction of sp³-hybridized carbons (Fsp3) is 0.261. The number of nitrogens with one attached hydrogen (secondary N) is 1. The van der Waals surface area contributed by atoms with Crippen LogP contribution in [-0.2, 0) is 9.53 Å². The molecule has 0 atom stereocenters. The van der Waals surface area contributed by atoms with Crippen LogP contribution in [0.15, 0.2) is 59.5 Å². The van der Waals surface area contributed by atoms with Gasteiger partial charge in [0.25, 0.3) is 5.91 Å². The van der Waals surface area contributed by atoms with Crippen LogP contribution in [0, 0.1) is 13.8 Å². The quantitative estimate of drug-likeness (QED) is 0.342. The van der Waals surface area contributed by atoms with E-state index in [1.54, 1.807) is 18.7 Å². The van der Waals surface area contributed by atoms with Gasteiger partial charge >= 0.3 is 5.97 Å². The summed E-state index contributed by atoms with van der Waals surface area (Å²) in [7, 11) is 0. The van der Waals surface area contributed by atoms with Crippen molar-refractivity contribution in [3.05, 3.63) is 71.4 Å². The monoisotopic (exact) mass is 408 g/mol. The maximum absolute atomic E-state index is 12.5. The SMILES string of the molecule is Cc1nc2ccccc2c(C)c1C(=O)OCC(=O)NCCCSc1ccccc1. The second kappa shape index (κ2) is 10.1. The van der Waals surface area contributed by atoms with E-state index in [2.05, 4.69) is 22.4 Å². The van der Waals surface area contributed by atoms with E-state index in [-0.39, 0.29) is 12.5 Å². The number of carbonyl (C=O) groups is 2. The highest BCUT2D eigenvalue weighted by molar-refractivity contribution is 7.99. The van der Waals surface area contributed by atoms with Gasteiger partial charge in [-0.05, 0) is 49.8 Å². The molecule has 1 amide bonds. The summed E-state index contributed by atoms with van der Waals surface area (Å²) in [4.78, 5) is 30.2. The molecular weight excluding hydrogens is 384 g/mol. The van der Waals surface area contributed by atoms with Gasteiger partial charge in [-0.25, -0.2) is 4.79 Å². The number of nitrogens with zero attached hydrogens (tertiary/aromatic N) is 1. The molecular formula is C23H24N2O3S. The number of para-hydroxylation sites is 1. The summed E-state index contributed by atoms with van der Waals surface area (Å²) >= 11 is 1.75. The molecule has 1 heterocycles. The number of hydrogen-bond acceptors (Lipinski definition) is 5. The summed E-state index contributed by atoms with van der Waals surface area (Å²) in [6.45, 7) is 3.90. The summed E-state index contributed by atoms with van der Waals surface area (Å²) in [6.07, 6.45) is 0.839. The Kier molecular flexibility index (Phi) is 7.25. The van der Waals surface area contributed by atoms with Crippen molar-refractivity contribution in [2.24, 2.45) is 0 Å². The first-order valence-electron chi connectivity index (χ1n) is 9.54. The molecule has 0 aliphatic rings. The van der Waals surface area contributed by atoms with Crippen LogP contribution in [0.1, 0.15) is 28.0 Å². The van der Waals surface area contributed by atoms with Crippen molar-refractivity contribution in [2.45, 2.75) is 25.2 Å². The molecule has 0 unspecified atom stereocenters. The molecule has 5 nitrogen and oxygen atoms in total. The zero-order valence-electron chi connectivity index (χ0n) is 16.6. The standard InChI is InChI=1S/C23H24N2O3S/c1-16-19-11-6-7-12-20(19)25-17(2)22(16)23(27)28-15-21(26)24-13-8-14-29-18-9-4-3-5-10-18/h3-7,9-12H,8,13-15H2,1-2H3,(H,24,26). The molecule has 150 valence electrons. The van der Waals surface area contributed by atoms with Crippen molar-refractivity contribution < 1.29 is 14.3 Å². The van der Waals surface area contributed by atoms with Crippen molar-refractivity contribution in [3.63, 3.8) is 0 Å². The van der Waals surface area contributed by atoms with Gasteiger partial charge < -0.3 is 10.1 Å². The molecule has 6 heteroatoms. The Hall–Kier alpha value is -2.86. The number of hydrogen-bond donors (Lipinski definition) is 1. The highest BCUT2D eigenvalue weighted by Crippen LogP contribution is 2.23. The molecule has 0 radical (unpaired) electrons. The van der Waals surface area contributed by atoms with Crippen LogP contribution < -0.4 is 5.32 Å². The van der Waals surface area contributed by atoms with E-state index in [1.807, 2.05) is 49.4 Å². The normalized spacial score (nSPS) is 10.7. The molecule has 3 aromatic rings. The molecule has 3 rings (SSSR count). The number of pyridine rings is 1. The smallest absolute Gasteiger partial charge is 0.340 e. The Morgan fingerprint density at radius 2 is 1.76 bits per heavy atom. The van der Waals surface area contributed by atoms with Gasteiger partial charge in [0, 0.05) is 16.8 Å². The minimum Gasteiger partial charge on any atom is -0.452 e. The Morgan fingerprint density at radius 3 is 2.55 bits per heavy atom. The average molecular weight is 409 g/mol. The van der Waals surface area contributed by atoms with Crippen LogP contribution in [0.3, 0.4) is 0 Å². The van der Waals surface area contributed by atoms with Crippen LogP contribution in [0.2, 0.25) is 0 Å². The molecule has 0 aliphatic heterocycles. The summed E-state index contributed by atoms with van der Waals surface area (Å²) in [5.41, 5.74) is 2.68. The van der Waals surface area contributed by atoms with E-state index in [0.29, 0.717) is 17.8 Å². The molecule has 0 aliphatic carbocycles. The lowest BCUT2D eigenvalue weighted by Gasteiger charge is -2.12. The zero-order chi connectivity index (χ0) is 20.6. The first-order valence-corrected chi connectivity index (χ1v) is 10.5. The molecule has 1 aromatic heterocycles. The minimum atomic E-state index is -0.520. The van der Waals surface area contributed by atoms with Crippen molar-refractivity contribution in [1.29, 1.82) is 0 Å². The summed E-state index contributed by atoms with van der Waals surface area (Å²) in [6, 6.07) is 17.8. The van der Waals surface area contributed by atoms with Crippen LogP contribution in [0.5, 0.6) is 0 Å². The van der Waals surface area contributed by atoms with Gasteiger partial charge in [-0.3, -0.25) is 9.78 Å². The lowest BCUT2D eigenvalue weighted by molar-refractivity contribution is -0.124.